The van der Waals surface area contributed by atoms with Crippen molar-refractivity contribution in [1.82, 2.24) is 4.90 Å². The number of rotatable bonds is 6. The van der Waals surface area contributed by atoms with Gasteiger partial charge in [0.1, 0.15) is 0 Å². The topological polar surface area (TPSA) is 75.5 Å². The highest BCUT2D eigenvalue weighted by atomic mass is 16.6. The minimum absolute atomic E-state index is 0.0129. The Hall–Kier alpha value is -2.89. The first-order valence-electron chi connectivity index (χ1n) is 9.91. The molecular weight excluding hydrogens is 366 g/mol. The number of carbonyl (C=O) groups excluding carboxylic acids is 1. The van der Waals surface area contributed by atoms with Crippen molar-refractivity contribution in [2.45, 2.75) is 47.2 Å². The normalized spacial score (nSPS) is 18.0. The second kappa shape index (κ2) is 7.50. The van der Waals surface area contributed by atoms with E-state index in [-0.39, 0.29) is 28.6 Å². The quantitative estimate of drug-likeness (QED) is 0.503. The van der Waals surface area contributed by atoms with E-state index in [1.807, 2.05) is 35.2 Å². The highest BCUT2D eigenvalue weighted by Crippen LogP contribution is 2.70. The number of nitrogens with one attached hydrogen (secondary N) is 1. The Bertz CT molecular complexity index is 895. The molecule has 1 aliphatic rings. The Morgan fingerprint density at radius 1 is 1.10 bits per heavy atom. The molecular formula is C23H29N3O3. The average molecular weight is 396 g/mol. The van der Waals surface area contributed by atoms with Gasteiger partial charge in [-0.05, 0) is 35.3 Å². The molecule has 29 heavy (non-hydrogen) atoms. The summed E-state index contributed by atoms with van der Waals surface area (Å²) in [4.78, 5) is 25.7. The van der Waals surface area contributed by atoms with Crippen molar-refractivity contribution in [2.75, 3.05) is 5.32 Å². The van der Waals surface area contributed by atoms with Crippen molar-refractivity contribution >= 4 is 17.4 Å². The standard InChI is InChI=1S/C23H29N3O3/c1-16(20-22(2,3)23(20,4)5)25(15-17-10-7-6-8-11-17)21(27)24-18-12-9-13-19(14-18)26(28)29/h6-14,16,20H,15H2,1-5H3,(H,24,27). The largest absolute Gasteiger partial charge is 0.322 e. The zero-order chi connectivity index (χ0) is 21.4. The summed E-state index contributed by atoms with van der Waals surface area (Å²) in [7, 11) is 0. The Morgan fingerprint density at radius 2 is 1.72 bits per heavy atom. The Labute approximate surface area is 172 Å². The summed E-state index contributed by atoms with van der Waals surface area (Å²) in [6, 6.07) is 15.7. The van der Waals surface area contributed by atoms with Gasteiger partial charge in [0.15, 0.2) is 0 Å². The maximum atomic E-state index is 13.2. The molecule has 2 aromatic carbocycles. The molecule has 0 spiro atoms. The van der Waals surface area contributed by atoms with Gasteiger partial charge < -0.3 is 10.2 Å². The number of non-ortho nitro benzene ring substituents is 1. The first-order chi connectivity index (χ1) is 13.6. The molecule has 6 nitrogen and oxygen atoms in total. The molecule has 6 heteroatoms. The lowest BCUT2D eigenvalue weighted by atomic mass is 10.0. The molecule has 1 fully saturated rings. The zero-order valence-corrected chi connectivity index (χ0v) is 17.7. The van der Waals surface area contributed by atoms with Crippen molar-refractivity contribution in [2.24, 2.45) is 16.7 Å². The van der Waals surface area contributed by atoms with Crippen LogP contribution < -0.4 is 5.32 Å². The highest BCUT2D eigenvalue weighted by Gasteiger charge is 2.67. The third-order valence-corrected chi connectivity index (χ3v) is 6.87. The Kier molecular flexibility index (Phi) is 5.39. The van der Waals surface area contributed by atoms with Crippen LogP contribution in [0.4, 0.5) is 16.2 Å². The Balaban J connectivity index is 1.85. The third kappa shape index (κ3) is 3.97. The lowest BCUT2D eigenvalue weighted by Gasteiger charge is -2.31. The SMILES string of the molecule is CC(C1C(C)(C)C1(C)C)N(Cc1ccccc1)C(=O)Nc1cccc([N+](=O)[O-])c1. The van der Waals surface area contributed by atoms with Crippen molar-refractivity contribution in [3.05, 3.63) is 70.3 Å². The third-order valence-electron chi connectivity index (χ3n) is 6.87. The number of nitro groups is 1. The molecule has 1 saturated carbocycles. The number of amides is 2. The van der Waals surface area contributed by atoms with Gasteiger partial charge in [0.2, 0.25) is 0 Å². The van der Waals surface area contributed by atoms with E-state index >= 15 is 0 Å². The van der Waals surface area contributed by atoms with Gasteiger partial charge in [0.25, 0.3) is 5.69 Å². The molecule has 0 aromatic heterocycles. The van der Waals surface area contributed by atoms with Crippen LogP contribution in [-0.4, -0.2) is 21.9 Å². The smallest absolute Gasteiger partial charge is 0.317 e. The van der Waals surface area contributed by atoms with E-state index in [9.17, 15) is 14.9 Å². The van der Waals surface area contributed by atoms with Crippen LogP contribution in [0.2, 0.25) is 0 Å². The van der Waals surface area contributed by atoms with Crippen LogP contribution in [0.15, 0.2) is 54.6 Å². The van der Waals surface area contributed by atoms with E-state index in [1.54, 1.807) is 12.1 Å². The number of benzene rings is 2. The van der Waals surface area contributed by atoms with E-state index in [0.717, 1.165) is 5.56 Å². The molecule has 1 aliphatic carbocycles. The highest BCUT2D eigenvalue weighted by molar-refractivity contribution is 5.90. The monoisotopic (exact) mass is 395 g/mol. The molecule has 2 aromatic rings. The van der Waals surface area contributed by atoms with E-state index in [4.69, 9.17) is 0 Å². The second-order valence-electron chi connectivity index (χ2n) is 9.01. The number of hydrogen-bond acceptors (Lipinski definition) is 3. The summed E-state index contributed by atoms with van der Waals surface area (Å²) >= 11 is 0. The summed E-state index contributed by atoms with van der Waals surface area (Å²) in [5.74, 6) is 0.356. The average Bonchev–Trinajstić information content (AvgIpc) is 3.08. The van der Waals surface area contributed by atoms with Crippen LogP contribution in [0.5, 0.6) is 0 Å². The lowest BCUT2D eigenvalue weighted by Crippen LogP contribution is -2.43. The van der Waals surface area contributed by atoms with E-state index in [2.05, 4.69) is 39.9 Å². The van der Waals surface area contributed by atoms with Crippen molar-refractivity contribution in [3.8, 4) is 0 Å². The fourth-order valence-electron chi connectivity index (χ4n) is 4.71. The van der Waals surface area contributed by atoms with Crippen LogP contribution in [-0.2, 0) is 6.54 Å². The first-order valence-corrected chi connectivity index (χ1v) is 9.91. The van der Waals surface area contributed by atoms with Crippen molar-refractivity contribution in [1.29, 1.82) is 0 Å². The van der Waals surface area contributed by atoms with E-state index in [1.165, 1.54) is 12.1 Å². The van der Waals surface area contributed by atoms with Crippen LogP contribution in [0.1, 0.15) is 40.2 Å². The number of carbonyl (C=O) groups is 1. The molecule has 0 heterocycles. The summed E-state index contributed by atoms with van der Waals surface area (Å²) in [6.07, 6.45) is 0. The molecule has 1 unspecified atom stereocenters. The molecule has 2 amide bonds. The van der Waals surface area contributed by atoms with Gasteiger partial charge in [-0.2, -0.15) is 0 Å². The van der Waals surface area contributed by atoms with Crippen LogP contribution in [0.3, 0.4) is 0 Å². The molecule has 1 N–H and O–H groups in total. The maximum Gasteiger partial charge on any atom is 0.322 e. The summed E-state index contributed by atoms with van der Waals surface area (Å²) in [6.45, 7) is 11.5. The molecule has 0 saturated heterocycles. The number of nitrogens with zero attached hydrogens (tertiary/aromatic N) is 2. The van der Waals surface area contributed by atoms with Crippen LogP contribution in [0.25, 0.3) is 0 Å². The van der Waals surface area contributed by atoms with Crippen molar-refractivity contribution in [3.63, 3.8) is 0 Å². The number of urea groups is 1. The van der Waals surface area contributed by atoms with Crippen LogP contribution >= 0.6 is 0 Å². The summed E-state index contributed by atoms with van der Waals surface area (Å²) in [5, 5.41) is 13.9. The van der Waals surface area contributed by atoms with Crippen molar-refractivity contribution < 1.29 is 9.72 Å². The molecule has 1 atom stereocenters. The molecule has 154 valence electrons. The molecule has 0 aliphatic heterocycles. The fraction of sp³-hybridized carbons (Fsp3) is 0.435. The van der Waals surface area contributed by atoms with Gasteiger partial charge in [0.05, 0.1) is 4.92 Å². The van der Waals surface area contributed by atoms with Gasteiger partial charge >= 0.3 is 6.03 Å². The Morgan fingerprint density at radius 3 is 2.28 bits per heavy atom. The predicted octanol–water partition coefficient (Wildman–Crippen LogP) is 5.70. The fourth-order valence-corrected chi connectivity index (χ4v) is 4.71. The van der Waals surface area contributed by atoms with Gasteiger partial charge in [-0.15, -0.1) is 0 Å². The van der Waals surface area contributed by atoms with Gasteiger partial charge in [-0.25, -0.2) is 4.79 Å². The number of hydrogen-bond donors (Lipinski definition) is 1. The number of anilines is 1. The summed E-state index contributed by atoms with van der Waals surface area (Å²) in [5.41, 5.74) is 1.68. The van der Waals surface area contributed by atoms with Crippen LogP contribution in [0, 0.1) is 26.9 Å². The maximum absolute atomic E-state index is 13.2. The zero-order valence-electron chi connectivity index (χ0n) is 17.7. The molecule has 0 radical (unpaired) electrons. The minimum Gasteiger partial charge on any atom is -0.317 e. The van der Waals surface area contributed by atoms with E-state index < -0.39 is 4.92 Å². The van der Waals surface area contributed by atoms with E-state index in [0.29, 0.717) is 18.2 Å². The molecule has 0 bridgehead atoms. The summed E-state index contributed by atoms with van der Waals surface area (Å²) < 4.78 is 0. The number of nitro benzene ring substituents is 1. The second-order valence-corrected chi connectivity index (χ2v) is 9.01. The van der Waals surface area contributed by atoms with Gasteiger partial charge in [-0.3, -0.25) is 10.1 Å². The van der Waals surface area contributed by atoms with Gasteiger partial charge in [-0.1, -0.05) is 64.1 Å². The molecule has 3 rings (SSSR count). The first kappa shape index (κ1) is 20.8. The predicted molar refractivity (Wildman–Crippen MR) is 115 cm³/mol. The lowest BCUT2D eigenvalue weighted by molar-refractivity contribution is -0.384. The minimum atomic E-state index is -0.463. The van der Waals surface area contributed by atoms with Gasteiger partial charge in [0, 0.05) is 30.4 Å².